The molecule has 8 heteroatoms. The van der Waals surface area contributed by atoms with Crippen LogP contribution >= 0.6 is 11.8 Å². The van der Waals surface area contributed by atoms with Crippen LogP contribution in [0, 0.1) is 0 Å². The topological polar surface area (TPSA) is 115 Å². The van der Waals surface area contributed by atoms with Crippen LogP contribution in [0.25, 0.3) is 0 Å². The summed E-state index contributed by atoms with van der Waals surface area (Å²) in [5.41, 5.74) is -0.336. The van der Waals surface area contributed by atoms with Crippen molar-refractivity contribution in [2.24, 2.45) is 4.99 Å². The second kappa shape index (κ2) is 6.18. The van der Waals surface area contributed by atoms with Gasteiger partial charge in [0.25, 0.3) is 0 Å². The standard InChI is InChI=1S/C10H18N2O5S/c13-3-1-5-7(15)8(16)6-9(17-5)18-10(12-6)11-2-4-14/h5-9,13-16H,1-4H2,(H,11,12)/t5-,6-,7-,8-,9-/m1/s1. The van der Waals surface area contributed by atoms with E-state index in [1.165, 1.54) is 11.8 Å². The van der Waals surface area contributed by atoms with Gasteiger partial charge in [-0.3, -0.25) is 4.99 Å². The van der Waals surface area contributed by atoms with Crippen molar-refractivity contribution in [3.8, 4) is 0 Å². The quantitative estimate of drug-likeness (QED) is 0.399. The molecule has 0 amide bonds. The molecule has 0 aliphatic carbocycles. The molecule has 2 fully saturated rings. The molecule has 7 nitrogen and oxygen atoms in total. The molecule has 2 saturated heterocycles. The van der Waals surface area contributed by atoms with Gasteiger partial charge in [-0.1, -0.05) is 11.8 Å². The van der Waals surface area contributed by atoms with Gasteiger partial charge >= 0.3 is 0 Å². The Labute approximate surface area is 109 Å². The normalized spacial score (nSPS) is 41.8. The molecule has 2 aliphatic rings. The molecule has 5 atom stereocenters. The van der Waals surface area contributed by atoms with Crippen molar-refractivity contribution < 1.29 is 25.2 Å². The van der Waals surface area contributed by atoms with Crippen LogP contribution in [0.4, 0.5) is 0 Å². The van der Waals surface area contributed by atoms with Crippen molar-refractivity contribution in [1.29, 1.82) is 0 Å². The summed E-state index contributed by atoms with van der Waals surface area (Å²) >= 11 is 1.32. The van der Waals surface area contributed by atoms with Gasteiger partial charge in [-0.05, 0) is 6.42 Å². The van der Waals surface area contributed by atoms with Crippen LogP contribution in [0.3, 0.4) is 0 Å². The fourth-order valence-corrected chi connectivity index (χ4v) is 3.24. The molecule has 0 aromatic rings. The highest BCUT2D eigenvalue weighted by molar-refractivity contribution is 8.14. The molecular formula is C10H18N2O5S. The van der Waals surface area contributed by atoms with Crippen molar-refractivity contribution in [3.05, 3.63) is 0 Å². The number of hydrogen-bond donors (Lipinski definition) is 5. The maximum atomic E-state index is 10.00. The number of amidine groups is 1. The molecule has 5 N–H and O–H groups in total. The van der Waals surface area contributed by atoms with E-state index in [4.69, 9.17) is 14.9 Å². The predicted octanol–water partition coefficient (Wildman–Crippen LogP) is -2.13. The van der Waals surface area contributed by atoms with Crippen molar-refractivity contribution in [1.82, 2.24) is 5.32 Å². The molecule has 0 spiro atoms. The van der Waals surface area contributed by atoms with Crippen LogP contribution in [0.2, 0.25) is 0 Å². The van der Waals surface area contributed by atoms with Crippen LogP contribution in [0.15, 0.2) is 4.99 Å². The SMILES string of the molecule is OCCN=C1N[C@@H]2[C@@H](O)[C@H](O)[C@@H](CCO)O[C@@H]2S1. The third-order valence-corrected chi connectivity index (χ3v) is 4.09. The van der Waals surface area contributed by atoms with Crippen molar-refractivity contribution >= 4 is 16.9 Å². The number of ether oxygens (including phenoxy) is 1. The molecule has 0 bridgehead atoms. The van der Waals surface area contributed by atoms with Crippen molar-refractivity contribution in [2.45, 2.75) is 36.2 Å². The average molecular weight is 278 g/mol. The molecule has 0 saturated carbocycles. The fourth-order valence-electron chi connectivity index (χ4n) is 2.07. The number of aliphatic hydroxyl groups is 4. The Balaban J connectivity index is 2.02. The molecule has 0 unspecified atom stereocenters. The van der Waals surface area contributed by atoms with E-state index in [2.05, 4.69) is 10.3 Å². The summed E-state index contributed by atoms with van der Waals surface area (Å²) < 4.78 is 5.63. The molecular weight excluding hydrogens is 260 g/mol. The second-order valence-corrected chi connectivity index (χ2v) is 5.32. The van der Waals surface area contributed by atoms with Gasteiger partial charge in [0.15, 0.2) is 5.17 Å². The summed E-state index contributed by atoms with van der Waals surface area (Å²) in [6.07, 6.45) is -2.28. The second-order valence-electron chi connectivity index (χ2n) is 4.23. The first-order chi connectivity index (χ1) is 8.67. The van der Waals surface area contributed by atoms with Gasteiger partial charge in [-0.2, -0.15) is 0 Å². The van der Waals surface area contributed by atoms with Crippen LogP contribution in [0.5, 0.6) is 0 Å². The number of aliphatic hydroxyl groups excluding tert-OH is 4. The number of nitrogens with one attached hydrogen (secondary N) is 1. The van der Waals surface area contributed by atoms with Gasteiger partial charge in [0.1, 0.15) is 17.6 Å². The summed E-state index contributed by atoms with van der Waals surface area (Å²) in [4.78, 5) is 4.09. The van der Waals surface area contributed by atoms with E-state index in [0.29, 0.717) is 5.17 Å². The number of nitrogens with zero attached hydrogens (tertiary/aromatic N) is 1. The molecule has 0 radical (unpaired) electrons. The zero-order chi connectivity index (χ0) is 13.1. The smallest absolute Gasteiger partial charge is 0.159 e. The minimum atomic E-state index is -1.02. The zero-order valence-corrected chi connectivity index (χ0v) is 10.6. The highest BCUT2D eigenvalue weighted by Gasteiger charge is 2.48. The van der Waals surface area contributed by atoms with E-state index in [1.54, 1.807) is 0 Å². The Bertz CT molecular complexity index is 317. The van der Waals surface area contributed by atoms with E-state index in [9.17, 15) is 10.2 Å². The van der Waals surface area contributed by atoms with Crippen molar-refractivity contribution in [2.75, 3.05) is 19.8 Å². The highest BCUT2D eigenvalue weighted by atomic mass is 32.2. The molecule has 2 aliphatic heterocycles. The van der Waals surface area contributed by atoms with Crippen LogP contribution < -0.4 is 5.32 Å². The van der Waals surface area contributed by atoms with Gasteiger partial charge in [0.2, 0.25) is 0 Å². The molecule has 2 heterocycles. The lowest BCUT2D eigenvalue weighted by molar-refractivity contribution is -0.160. The van der Waals surface area contributed by atoms with Gasteiger partial charge in [-0.15, -0.1) is 0 Å². The predicted molar refractivity (Wildman–Crippen MR) is 66.3 cm³/mol. The number of aliphatic imine (C=N–C) groups is 1. The van der Waals surface area contributed by atoms with Gasteiger partial charge in [-0.25, -0.2) is 0 Å². The largest absolute Gasteiger partial charge is 0.396 e. The number of hydrogen-bond acceptors (Lipinski definition) is 7. The zero-order valence-electron chi connectivity index (χ0n) is 9.77. The first-order valence-electron chi connectivity index (χ1n) is 5.88. The Hall–Kier alpha value is -0.380. The lowest BCUT2D eigenvalue weighted by Crippen LogP contribution is -2.58. The molecule has 0 aromatic carbocycles. The highest BCUT2D eigenvalue weighted by Crippen LogP contribution is 2.34. The van der Waals surface area contributed by atoms with Gasteiger partial charge < -0.3 is 30.5 Å². The Kier molecular flexibility index (Phi) is 4.82. The Morgan fingerprint density at radius 3 is 2.67 bits per heavy atom. The van der Waals surface area contributed by atoms with E-state index < -0.39 is 24.4 Å². The van der Waals surface area contributed by atoms with Crippen molar-refractivity contribution in [3.63, 3.8) is 0 Å². The summed E-state index contributed by atoms with van der Waals surface area (Å²) in [5.74, 6) is 0. The minimum absolute atomic E-state index is 0.0414. The molecule has 18 heavy (non-hydrogen) atoms. The van der Waals surface area contributed by atoms with E-state index in [1.807, 2.05) is 0 Å². The maximum absolute atomic E-state index is 10.00. The monoisotopic (exact) mass is 278 g/mol. The van der Waals surface area contributed by atoms with E-state index in [-0.39, 0.29) is 31.6 Å². The van der Waals surface area contributed by atoms with E-state index >= 15 is 0 Å². The van der Waals surface area contributed by atoms with Gasteiger partial charge in [0.05, 0.1) is 25.3 Å². The molecule has 0 aromatic heterocycles. The number of rotatable bonds is 4. The molecule has 2 rings (SSSR count). The lowest BCUT2D eigenvalue weighted by Gasteiger charge is -2.38. The third-order valence-electron chi connectivity index (χ3n) is 2.99. The first-order valence-corrected chi connectivity index (χ1v) is 6.76. The minimum Gasteiger partial charge on any atom is -0.396 e. The Morgan fingerprint density at radius 2 is 2.00 bits per heavy atom. The summed E-state index contributed by atoms with van der Waals surface area (Å²) in [7, 11) is 0. The summed E-state index contributed by atoms with van der Waals surface area (Å²) in [6, 6.07) is -0.419. The third kappa shape index (κ3) is 2.79. The average Bonchev–Trinajstić information content (AvgIpc) is 2.76. The number of thioether (sulfide) groups is 1. The molecule has 104 valence electrons. The maximum Gasteiger partial charge on any atom is 0.159 e. The lowest BCUT2D eigenvalue weighted by atomic mass is 9.96. The first kappa shape index (κ1) is 14.0. The summed E-state index contributed by atoms with van der Waals surface area (Å²) in [5, 5.41) is 41.0. The fraction of sp³-hybridized carbons (Fsp3) is 0.900. The van der Waals surface area contributed by atoms with Gasteiger partial charge in [0, 0.05) is 6.61 Å². The summed E-state index contributed by atoms with van der Waals surface area (Å²) in [6.45, 7) is 0.142. The van der Waals surface area contributed by atoms with Crippen LogP contribution in [-0.4, -0.2) is 75.1 Å². The van der Waals surface area contributed by atoms with Crippen LogP contribution in [0.1, 0.15) is 6.42 Å². The Morgan fingerprint density at radius 1 is 1.22 bits per heavy atom. The van der Waals surface area contributed by atoms with E-state index in [0.717, 1.165) is 0 Å². The number of fused-ring (bicyclic) bond motifs is 1. The van der Waals surface area contributed by atoms with Crippen LogP contribution in [-0.2, 0) is 4.74 Å².